The van der Waals surface area contributed by atoms with Gasteiger partial charge in [0.2, 0.25) is 11.9 Å². The molecule has 2 aromatic heterocycles. The molecule has 140 valence electrons. The maximum absolute atomic E-state index is 6.22. The molecular weight excluding hydrogens is 328 g/mol. The summed E-state index contributed by atoms with van der Waals surface area (Å²) in [6, 6.07) is 0. The Labute approximate surface area is 154 Å². The van der Waals surface area contributed by atoms with E-state index in [0.29, 0.717) is 22.8 Å². The van der Waals surface area contributed by atoms with Crippen LogP contribution < -0.4 is 21.3 Å². The van der Waals surface area contributed by atoms with Crippen molar-refractivity contribution in [3.05, 3.63) is 0 Å². The first-order valence-electron chi connectivity index (χ1n) is 9.75. The van der Waals surface area contributed by atoms with Gasteiger partial charge in [-0.1, -0.05) is 0 Å². The summed E-state index contributed by atoms with van der Waals surface area (Å²) in [5, 5.41) is 6.61. The largest absolute Gasteiger partial charge is 0.382 e. The van der Waals surface area contributed by atoms with Crippen molar-refractivity contribution < 1.29 is 0 Å². The van der Waals surface area contributed by atoms with Crippen LogP contribution in [-0.4, -0.2) is 46.1 Å². The molecule has 2 heterocycles. The van der Waals surface area contributed by atoms with E-state index in [1.54, 1.807) is 0 Å². The van der Waals surface area contributed by atoms with Crippen LogP contribution in [0.15, 0.2) is 0 Å². The van der Waals surface area contributed by atoms with E-state index in [-0.39, 0.29) is 0 Å². The van der Waals surface area contributed by atoms with Crippen molar-refractivity contribution in [1.82, 2.24) is 19.9 Å². The highest BCUT2D eigenvalue weighted by atomic mass is 15.3. The molecule has 26 heavy (non-hydrogen) atoms. The summed E-state index contributed by atoms with van der Waals surface area (Å²) in [7, 11) is 0. The van der Waals surface area contributed by atoms with E-state index in [0.717, 1.165) is 49.8 Å². The van der Waals surface area contributed by atoms with Crippen molar-refractivity contribution in [2.24, 2.45) is 11.8 Å². The lowest BCUT2D eigenvalue weighted by Crippen LogP contribution is -2.27. The van der Waals surface area contributed by atoms with Gasteiger partial charge in [0.05, 0.1) is 0 Å². The third-order valence-corrected chi connectivity index (χ3v) is 4.99. The van der Waals surface area contributed by atoms with E-state index in [9.17, 15) is 0 Å². The van der Waals surface area contributed by atoms with E-state index in [2.05, 4.69) is 32.4 Å². The number of nitrogens with zero attached hydrogens (tertiary/aromatic N) is 5. The average molecular weight is 356 g/mol. The molecule has 2 saturated carbocycles. The number of hydrogen-bond donors (Lipinski definition) is 3. The third-order valence-electron chi connectivity index (χ3n) is 4.99. The molecule has 4 rings (SSSR count). The Bertz CT molecular complexity index is 784. The second kappa shape index (κ2) is 7.09. The van der Waals surface area contributed by atoms with Crippen molar-refractivity contribution in [2.75, 3.05) is 47.4 Å². The highest BCUT2D eigenvalue weighted by Crippen LogP contribution is 2.33. The van der Waals surface area contributed by atoms with E-state index in [1.165, 1.54) is 25.7 Å². The number of nitrogens with two attached hydrogens (primary N) is 1. The molecule has 8 heteroatoms. The van der Waals surface area contributed by atoms with Gasteiger partial charge in [-0.25, -0.2) is 9.97 Å². The van der Waals surface area contributed by atoms with Gasteiger partial charge in [0.25, 0.3) is 0 Å². The maximum Gasteiger partial charge on any atom is 0.228 e. The van der Waals surface area contributed by atoms with Crippen molar-refractivity contribution in [1.29, 1.82) is 0 Å². The first kappa shape index (κ1) is 17.1. The van der Waals surface area contributed by atoms with E-state index in [1.807, 2.05) is 6.92 Å². The summed E-state index contributed by atoms with van der Waals surface area (Å²) < 4.78 is 0. The number of fused-ring (bicyclic) bond motifs is 1. The zero-order chi connectivity index (χ0) is 18.1. The van der Waals surface area contributed by atoms with Crippen LogP contribution in [0.5, 0.6) is 0 Å². The summed E-state index contributed by atoms with van der Waals surface area (Å²) in [5.41, 5.74) is 7.54. The summed E-state index contributed by atoms with van der Waals surface area (Å²) in [6.45, 7) is 7.68. The minimum atomic E-state index is 0.395. The molecule has 2 aliphatic carbocycles. The first-order chi connectivity index (χ1) is 12.7. The monoisotopic (exact) mass is 356 g/mol. The zero-order valence-corrected chi connectivity index (χ0v) is 15.6. The molecular formula is C18H28N8. The van der Waals surface area contributed by atoms with Crippen LogP contribution in [0.25, 0.3) is 11.0 Å². The van der Waals surface area contributed by atoms with Crippen LogP contribution in [-0.2, 0) is 0 Å². The number of rotatable bonds is 9. The van der Waals surface area contributed by atoms with Gasteiger partial charge in [-0.15, -0.1) is 0 Å². The van der Waals surface area contributed by atoms with E-state index >= 15 is 0 Å². The Balaban J connectivity index is 1.74. The van der Waals surface area contributed by atoms with E-state index < -0.39 is 0 Å². The fourth-order valence-corrected chi connectivity index (χ4v) is 3.05. The second-order valence-corrected chi connectivity index (χ2v) is 7.34. The number of nitrogen functional groups attached to an aromatic ring is 1. The van der Waals surface area contributed by atoms with Crippen LogP contribution in [0.4, 0.5) is 23.5 Å². The number of nitrogens with one attached hydrogen (secondary N) is 2. The first-order valence-corrected chi connectivity index (χ1v) is 9.75. The number of hydrogen-bond acceptors (Lipinski definition) is 8. The summed E-state index contributed by atoms with van der Waals surface area (Å²) in [5.74, 6) is 3.91. The quantitative estimate of drug-likeness (QED) is 0.629. The fraction of sp³-hybridized carbons (Fsp3) is 0.667. The molecule has 0 radical (unpaired) electrons. The molecule has 0 aromatic carbocycles. The van der Waals surface area contributed by atoms with Crippen LogP contribution >= 0.6 is 0 Å². The van der Waals surface area contributed by atoms with Gasteiger partial charge in [-0.05, 0) is 51.4 Å². The predicted octanol–water partition coefficient (Wildman–Crippen LogP) is 2.49. The summed E-state index contributed by atoms with van der Waals surface area (Å²) >= 11 is 0. The minimum absolute atomic E-state index is 0.395. The lowest BCUT2D eigenvalue weighted by Gasteiger charge is -2.22. The van der Waals surface area contributed by atoms with Crippen molar-refractivity contribution in [2.45, 2.75) is 39.5 Å². The maximum atomic E-state index is 6.22. The highest BCUT2D eigenvalue weighted by molar-refractivity contribution is 5.93. The minimum Gasteiger partial charge on any atom is -0.382 e. The number of anilines is 4. The Morgan fingerprint density at radius 1 is 0.962 bits per heavy atom. The van der Waals surface area contributed by atoms with E-state index in [4.69, 9.17) is 15.7 Å². The Morgan fingerprint density at radius 2 is 1.73 bits per heavy atom. The topological polar surface area (TPSA) is 105 Å². The second-order valence-electron chi connectivity index (χ2n) is 7.34. The highest BCUT2D eigenvalue weighted by Gasteiger charge is 2.26. The third kappa shape index (κ3) is 3.73. The molecule has 0 amide bonds. The smallest absolute Gasteiger partial charge is 0.228 e. The normalized spacial score (nSPS) is 16.7. The average Bonchev–Trinajstić information content (AvgIpc) is 3.53. The van der Waals surface area contributed by atoms with Crippen LogP contribution in [0.2, 0.25) is 0 Å². The molecule has 2 fully saturated rings. The van der Waals surface area contributed by atoms with Crippen molar-refractivity contribution in [3.8, 4) is 0 Å². The molecule has 0 aliphatic heterocycles. The molecule has 0 bridgehead atoms. The lowest BCUT2D eigenvalue weighted by atomic mass is 10.3. The Kier molecular flexibility index (Phi) is 4.65. The summed E-state index contributed by atoms with van der Waals surface area (Å²) in [6.07, 6.45) is 5.17. The van der Waals surface area contributed by atoms with Crippen molar-refractivity contribution >= 4 is 34.6 Å². The molecule has 4 N–H and O–H groups in total. The van der Waals surface area contributed by atoms with Crippen LogP contribution in [0, 0.1) is 11.8 Å². The molecule has 0 atom stereocenters. The lowest BCUT2D eigenvalue weighted by molar-refractivity contribution is 0.721. The van der Waals surface area contributed by atoms with Gasteiger partial charge in [0.1, 0.15) is 11.0 Å². The standard InChI is InChI=1S/C18H28N8/c1-3-20-17-22-14-13(15(19)24-17)23-18(26(4-2)10-12-7-8-12)25-16(14)21-9-11-5-6-11/h11-12H,3-10H2,1-2H3,(H,21,23,25)(H3,19,20,22,24). The van der Waals surface area contributed by atoms with Crippen molar-refractivity contribution in [3.63, 3.8) is 0 Å². The molecule has 2 aromatic rings. The Hall–Kier alpha value is -2.38. The van der Waals surface area contributed by atoms with Gasteiger partial charge < -0.3 is 21.3 Å². The fourth-order valence-electron chi connectivity index (χ4n) is 3.05. The molecule has 0 spiro atoms. The van der Waals surface area contributed by atoms with Crippen LogP contribution in [0.1, 0.15) is 39.5 Å². The SMILES string of the molecule is CCNc1nc(N)c2nc(N(CC)CC3CC3)nc(NCC3CC3)c2n1. The van der Waals surface area contributed by atoms with Crippen LogP contribution in [0.3, 0.4) is 0 Å². The predicted molar refractivity (Wildman–Crippen MR) is 106 cm³/mol. The Morgan fingerprint density at radius 3 is 2.38 bits per heavy atom. The van der Waals surface area contributed by atoms with Gasteiger partial charge in [0, 0.05) is 26.2 Å². The zero-order valence-electron chi connectivity index (χ0n) is 15.6. The molecule has 0 saturated heterocycles. The number of aromatic nitrogens is 4. The molecule has 0 unspecified atom stereocenters. The van der Waals surface area contributed by atoms with Gasteiger partial charge in [-0.2, -0.15) is 9.97 Å². The summed E-state index contributed by atoms with van der Waals surface area (Å²) in [4.78, 5) is 20.8. The van der Waals surface area contributed by atoms with Gasteiger partial charge in [-0.3, -0.25) is 0 Å². The molecule has 8 nitrogen and oxygen atoms in total. The van der Waals surface area contributed by atoms with Gasteiger partial charge >= 0.3 is 0 Å². The van der Waals surface area contributed by atoms with Gasteiger partial charge in [0.15, 0.2) is 11.6 Å². The molecule has 2 aliphatic rings.